The Bertz CT molecular complexity index is 206. The van der Waals surface area contributed by atoms with Gasteiger partial charge in [0.25, 0.3) is 0 Å². The zero-order chi connectivity index (χ0) is 10.6. The van der Waals surface area contributed by atoms with E-state index in [-0.39, 0.29) is 5.54 Å². The molecule has 0 radical (unpaired) electrons. The second kappa shape index (κ2) is 4.84. The van der Waals surface area contributed by atoms with Crippen LogP contribution in [0.2, 0.25) is 0 Å². The SMILES string of the molecule is C#C[C@@H]1CCCCCCN1C(C)(C)C. The quantitative estimate of drug-likeness (QED) is 0.534. The highest BCUT2D eigenvalue weighted by molar-refractivity contribution is 5.03. The van der Waals surface area contributed by atoms with Crippen molar-refractivity contribution < 1.29 is 0 Å². The highest BCUT2D eigenvalue weighted by atomic mass is 15.2. The van der Waals surface area contributed by atoms with Crippen LogP contribution >= 0.6 is 0 Å². The van der Waals surface area contributed by atoms with Crippen LogP contribution in [0.25, 0.3) is 0 Å². The summed E-state index contributed by atoms with van der Waals surface area (Å²) < 4.78 is 0. The van der Waals surface area contributed by atoms with E-state index in [1.54, 1.807) is 0 Å². The van der Waals surface area contributed by atoms with Crippen molar-refractivity contribution >= 4 is 0 Å². The zero-order valence-corrected chi connectivity index (χ0v) is 9.84. The summed E-state index contributed by atoms with van der Waals surface area (Å²) in [5.74, 6) is 2.95. The van der Waals surface area contributed by atoms with Crippen LogP contribution in [0.3, 0.4) is 0 Å². The molecule has 1 aliphatic rings. The first-order chi connectivity index (χ1) is 6.55. The minimum Gasteiger partial charge on any atom is -0.285 e. The van der Waals surface area contributed by atoms with E-state index in [2.05, 4.69) is 31.6 Å². The van der Waals surface area contributed by atoms with Crippen LogP contribution in [0.5, 0.6) is 0 Å². The van der Waals surface area contributed by atoms with Gasteiger partial charge in [-0.1, -0.05) is 25.2 Å². The minimum atomic E-state index is 0.217. The monoisotopic (exact) mass is 193 g/mol. The fraction of sp³-hybridized carbons (Fsp3) is 0.846. The summed E-state index contributed by atoms with van der Waals surface area (Å²) in [6.07, 6.45) is 12.1. The molecule has 1 atom stereocenters. The van der Waals surface area contributed by atoms with E-state index in [0.29, 0.717) is 6.04 Å². The highest BCUT2D eigenvalue weighted by Crippen LogP contribution is 2.23. The van der Waals surface area contributed by atoms with Crippen molar-refractivity contribution in [1.82, 2.24) is 4.90 Å². The Balaban J connectivity index is 2.70. The van der Waals surface area contributed by atoms with Crippen LogP contribution in [0.4, 0.5) is 0 Å². The van der Waals surface area contributed by atoms with Crippen LogP contribution in [-0.4, -0.2) is 23.0 Å². The van der Waals surface area contributed by atoms with Gasteiger partial charge in [0.2, 0.25) is 0 Å². The highest BCUT2D eigenvalue weighted by Gasteiger charge is 2.27. The number of nitrogens with zero attached hydrogens (tertiary/aromatic N) is 1. The third-order valence-corrected chi connectivity index (χ3v) is 3.06. The fourth-order valence-corrected chi connectivity index (χ4v) is 2.26. The Hall–Kier alpha value is -0.480. The summed E-state index contributed by atoms with van der Waals surface area (Å²) in [7, 11) is 0. The molecule has 1 rings (SSSR count). The van der Waals surface area contributed by atoms with Gasteiger partial charge in [0.1, 0.15) is 0 Å². The van der Waals surface area contributed by atoms with Gasteiger partial charge in [0.15, 0.2) is 0 Å². The Morgan fingerprint density at radius 1 is 1.14 bits per heavy atom. The minimum absolute atomic E-state index is 0.217. The molecule has 1 fully saturated rings. The number of rotatable bonds is 0. The lowest BCUT2D eigenvalue weighted by molar-refractivity contribution is 0.0935. The lowest BCUT2D eigenvalue weighted by Gasteiger charge is -2.40. The van der Waals surface area contributed by atoms with Crippen LogP contribution in [0.15, 0.2) is 0 Å². The molecule has 0 saturated carbocycles. The second-order valence-electron chi connectivity index (χ2n) is 5.25. The second-order valence-corrected chi connectivity index (χ2v) is 5.25. The summed E-state index contributed by atoms with van der Waals surface area (Å²) in [6.45, 7) is 7.95. The number of hydrogen-bond donors (Lipinski definition) is 0. The summed E-state index contributed by atoms with van der Waals surface area (Å²) in [6, 6.07) is 0.357. The maximum Gasteiger partial charge on any atom is 0.0716 e. The van der Waals surface area contributed by atoms with Gasteiger partial charge >= 0.3 is 0 Å². The van der Waals surface area contributed by atoms with Gasteiger partial charge in [-0.25, -0.2) is 0 Å². The van der Waals surface area contributed by atoms with Crippen LogP contribution in [0, 0.1) is 12.3 Å². The maximum absolute atomic E-state index is 5.62. The Labute approximate surface area is 88.9 Å². The summed E-state index contributed by atoms with van der Waals surface area (Å²) in [5, 5.41) is 0. The van der Waals surface area contributed by atoms with E-state index < -0.39 is 0 Å². The summed E-state index contributed by atoms with van der Waals surface area (Å²) in [5.41, 5.74) is 0.217. The van der Waals surface area contributed by atoms with Crippen molar-refractivity contribution in [3.05, 3.63) is 0 Å². The van der Waals surface area contributed by atoms with E-state index >= 15 is 0 Å². The van der Waals surface area contributed by atoms with Crippen molar-refractivity contribution in [3.63, 3.8) is 0 Å². The largest absolute Gasteiger partial charge is 0.285 e. The third kappa shape index (κ3) is 3.03. The summed E-state index contributed by atoms with van der Waals surface area (Å²) in [4.78, 5) is 2.49. The van der Waals surface area contributed by atoms with Crippen molar-refractivity contribution in [1.29, 1.82) is 0 Å². The van der Waals surface area contributed by atoms with Gasteiger partial charge < -0.3 is 0 Å². The molecule has 0 unspecified atom stereocenters. The lowest BCUT2D eigenvalue weighted by Crippen LogP contribution is -2.48. The molecule has 1 aliphatic heterocycles. The fourth-order valence-electron chi connectivity index (χ4n) is 2.26. The van der Waals surface area contributed by atoms with E-state index in [1.165, 1.54) is 38.6 Å². The van der Waals surface area contributed by atoms with Gasteiger partial charge in [-0.3, -0.25) is 4.90 Å². The molecule has 0 aromatic rings. The summed E-state index contributed by atoms with van der Waals surface area (Å²) >= 11 is 0. The van der Waals surface area contributed by atoms with Gasteiger partial charge in [0.05, 0.1) is 6.04 Å². The van der Waals surface area contributed by atoms with E-state index in [9.17, 15) is 0 Å². The molecule has 14 heavy (non-hydrogen) atoms. The van der Waals surface area contributed by atoms with Crippen LogP contribution in [0.1, 0.15) is 52.9 Å². The molecule has 0 aromatic heterocycles. The molecule has 0 aliphatic carbocycles. The van der Waals surface area contributed by atoms with Crippen LogP contribution in [-0.2, 0) is 0 Å². The average molecular weight is 193 g/mol. The molecule has 0 bridgehead atoms. The average Bonchev–Trinajstić information content (AvgIpc) is 2.01. The maximum atomic E-state index is 5.62. The molecular formula is C13H23N. The van der Waals surface area contributed by atoms with Gasteiger partial charge in [-0.2, -0.15) is 0 Å². The third-order valence-electron chi connectivity index (χ3n) is 3.06. The normalized spacial score (nSPS) is 26.3. The smallest absolute Gasteiger partial charge is 0.0716 e. The first-order valence-electron chi connectivity index (χ1n) is 5.78. The zero-order valence-electron chi connectivity index (χ0n) is 9.84. The molecule has 1 nitrogen and oxygen atoms in total. The topological polar surface area (TPSA) is 3.24 Å². The van der Waals surface area contributed by atoms with E-state index in [1.807, 2.05) is 0 Å². The molecule has 1 heterocycles. The van der Waals surface area contributed by atoms with Gasteiger partial charge in [-0.15, -0.1) is 6.42 Å². The number of terminal acetylenes is 1. The number of likely N-dealkylation sites (tertiary alicyclic amines) is 1. The molecule has 0 N–H and O–H groups in total. The Kier molecular flexibility index (Phi) is 4.01. The lowest BCUT2D eigenvalue weighted by atomic mass is 9.96. The predicted molar refractivity (Wildman–Crippen MR) is 62.2 cm³/mol. The van der Waals surface area contributed by atoms with E-state index in [4.69, 9.17) is 6.42 Å². The Morgan fingerprint density at radius 3 is 2.36 bits per heavy atom. The van der Waals surface area contributed by atoms with Gasteiger partial charge in [0, 0.05) is 5.54 Å². The molecule has 1 saturated heterocycles. The first kappa shape index (κ1) is 11.6. The van der Waals surface area contributed by atoms with Crippen molar-refractivity contribution in [2.75, 3.05) is 6.54 Å². The molecule has 1 heteroatoms. The van der Waals surface area contributed by atoms with Crippen molar-refractivity contribution in [3.8, 4) is 12.3 Å². The van der Waals surface area contributed by atoms with E-state index in [0.717, 1.165) is 0 Å². The molecule has 0 amide bonds. The van der Waals surface area contributed by atoms with Gasteiger partial charge in [-0.05, 0) is 40.2 Å². The molecule has 0 spiro atoms. The van der Waals surface area contributed by atoms with Crippen LogP contribution < -0.4 is 0 Å². The molecular weight excluding hydrogens is 170 g/mol. The predicted octanol–water partition coefficient (Wildman–Crippen LogP) is 3.05. The Morgan fingerprint density at radius 2 is 1.79 bits per heavy atom. The van der Waals surface area contributed by atoms with Crippen molar-refractivity contribution in [2.45, 2.75) is 64.5 Å². The van der Waals surface area contributed by atoms with Crippen molar-refractivity contribution in [2.24, 2.45) is 0 Å². The first-order valence-corrected chi connectivity index (χ1v) is 5.78. The molecule has 0 aromatic carbocycles. The number of hydrogen-bond acceptors (Lipinski definition) is 1. The standard InChI is InChI=1S/C13H23N/c1-5-12-10-8-6-7-9-11-14(12)13(2,3)4/h1,12H,6-11H2,2-4H3/t12-/m1/s1. The molecule has 80 valence electrons.